The van der Waals surface area contributed by atoms with E-state index in [0.717, 1.165) is 10.8 Å². The van der Waals surface area contributed by atoms with Crippen LogP contribution in [-0.2, 0) is 4.74 Å². The van der Waals surface area contributed by atoms with Crippen molar-refractivity contribution in [2.45, 2.75) is 24.5 Å². The molecule has 0 saturated carbocycles. The third-order valence-corrected chi connectivity index (χ3v) is 7.41. The minimum atomic E-state index is -1.16. The Morgan fingerprint density at radius 2 is 1.12 bits per heavy atom. The first kappa shape index (κ1) is 37.5. The van der Waals surface area contributed by atoms with Crippen LogP contribution in [0.3, 0.4) is 0 Å². The Labute approximate surface area is 285 Å². The van der Waals surface area contributed by atoms with E-state index in [1.807, 2.05) is 12.1 Å². The highest BCUT2D eigenvalue weighted by atomic mass is 35.5. The Hall–Kier alpha value is -4.95. The molecule has 2 heterocycles. The zero-order valence-corrected chi connectivity index (χ0v) is 26.7. The molecule has 11 nitrogen and oxygen atoms in total. The van der Waals surface area contributed by atoms with Gasteiger partial charge >= 0.3 is 17.9 Å². The molecule has 48 heavy (non-hydrogen) atoms. The molecular formula is C35H32ClNO10S. The van der Waals surface area contributed by atoms with Gasteiger partial charge < -0.3 is 39.9 Å². The summed E-state index contributed by atoms with van der Waals surface area (Å²) in [5.41, 5.74) is 0.993. The van der Waals surface area contributed by atoms with E-state index >= 15 is 0 Å². The van der Waals surface area contributed by atoms with Gasteiger partial charge in [-0.2, -0.15) is 0 Å². The van der Waals surface area contributed by atoms with Crippen LogP contribution >= 0.6 is 23.8 Å². The highest BCUT2D eigenvalue weighted by Crippen LogP contribution is 2.31. The summed E-state index contributed by atoms with van der Waals surface area (Å²) in [5, 5.41) is 56.5. The predicted molar refractivity (Wildman–Crippen MR) is 181 cm³/mol. The molecule has 0 bridgehead atoms. The second kappa shape index (κ2) is 18.4. The Bertz CT molecular complexity index is 1740. The SMILES string of the molecule is O=C(O)c1ccccc1.O=C(O)c1ccccc1.O=C(O)c1ccccc1.OC[C@H]1O[C@@H](n2ccc3ccc(Cl)cc3c2=S)[C@H](O)[C@@H]1O. The first-order valence-electron chi connectivity index (χ1n) is 14.2. The quantitative estimate of drug-likeness (QED) is 0.122. The molecule has 1 aliphatic heterocycles. The summed E-state index contributed by atoms with van der Waals surface area (Å²) < 4.78 is 7.51. The minimum Gasteiger partial charge on any atom is -0.478 e. The van der Waals surface area contributed by atoms with Crippen molar-refractivity contribution in [3.05, 3.63) is 148 Å². The summed E-state index contributed by atoms with van der Waals surface area (Å²) in [6, 6.07) is 32.1. The van der Waals surface area contributed by atoms with E-state index in [9.17, 15) is 24.6 Å². The van der Waals surface area contributed by atoms with E-state index in [0.29, 0.717) is 26.4 Å². The lowest BCUT2D eigenvalue weighted by molar-refractivity contribution is -0.0533. The Kier molecular flexibility index (Phi) is 14.4. The van der Waals surface area contributed by atoms with Crippen LogP contribution in [0, 0.1) is 4.64 Å². The van der Waals surface area contributed by atoms with E-state index in [1.165, 1.54) is 0 Å². The van der Waals surface area contributed by atoms with Gasteiger partial charge in [-0.1, -0.05) is 84.5 Å². The summed E-state index contributed by atoms with van der Waals surface area (Å²) in [7, 11) is 0. The average molecular weight is 694 g/mol. The smallest absolute Gasteiger partial charge is 0.335 e. The molecule has 4 atom stereocenters. The van der Waals surface area contributed by atoms with Crippen molar-refractivity contribution >= 4 is 52.5 Å². The third kappa shape index (κ3) is 10.5. The molecule has 0 spiro atoms. The van der Waals surface area contributed by atoms with Gasteiger partial charge in [-0.25, -0.2) is 14.4 Å². The number of nitrogens with zero attached hydrogens (tertiary/aromatic N) is 1. The maximum Gasteiger partial charge on any atom is 0.335 e. The van der Waals surface area contributed by atoms with Crippen molar-refractivity contribution in [1.82, 2.24) is 4.57 Å². The van der Waals surface area contributed by atoms with Gasteiger partial charge in [-0.15, -0.1) is 0 Å². The van der Waals surface area contributed by atoms with Crippen LogP contribution in [-0.4, -0.2) is 78.0 Å². The number of aliphatic hydroxyl groups excluding tert-OH is 3. The molecule has 1 aromatic heterocycles. The van der Waals surface area contributed by atoms with E-state index in [1.54, 1.807) is 114 Å². The molecule has 0 radical (unpaired) electrons. The van der Waals surface area contributed by atoms with Crippen LogP contribution in [0.25, 0.3) is 10.8 Å². The number of benzene rings is 4. The zero-order valence-electron chi connectivity index (χ0n) is 25.1. The molecule has 13 heteroatoms. The molecule has 6 N–H and O–H groups in total. The number of carboxylic acids is 3. The molecular weight excluding hydrogens is 662 g/mol. The summed E-state index contributed by atoms with van der Waals surface area (Å²) in [6.07, 6.45) is -2.30. The topological polar surface area (TPSA) is 187 Å². The number of aromatic carboxylic acids is 3. The molecule has 1 fully saturated rings. The Balaban J connectivity index is 0.000000193. The number of rotatable bonds is 5. The monoisotopic (exact) mass is 693 g/mol. The molecule has 250 valence electrons. The van der Waals surface area contributed by atoms with Gasteiger partial charge in [0.05, 0.1) is 23.3 Å². The van der Waals surface area contributed by atoms with Crippen molar-refractivity contribution < 1.29 is 49.8 Å². The number of ether oxygens (including phenoxy) is 1. The first-order valence-corrected chi connectivity index (χ1v) is 15.0. The number of aliphatic hydroxyl groups is 3. The molecule has 0 aliphatic carbocycles. The van der Waals surface area contributed by atoms with Gasteiger partial charge in [0, 0.05) is 16.6 Å². The third-order valence-electron chi connectivity index (χ3n) is 6.75. The van der Waals surface area contributed by atoms with Crippen LogP contribution in [0.2, 0.25) is 5.02 Å². The van der Waals surface area contributed by atoms with Crippen molar-refractivity contribution in [2.24, 2.45) is 0 Å². The standard InChI is InChI=1S/C14H14ClNO4S.3C7H6O2/c15-8-2-1-7-3-4-16(14(21)9(7)5-8)13-12(19)11(18)10(6-17)20-13;3*8-7(9)6-4-2-1-3-5-6/h1-5,10-13,17-19H,6H2;3*1-5H,(H,8,9)/t10-,11-,12-,13-;;;/m1.../s1. The van der Waals surface area contributed by atoms with Crippen molar-refractivity contribution in [3.8, 4) is 0 Å². The zero-order chi connectivity index (χ0) is 35.2. The normalized spacial score (nSPS) is 17.8. The molecule has 1 aliphatic rings. The van der Waals surface area contributed by atoms with Gasteiger partial charge in [0.25, 0.3) is 0 Å². The van der Waals surface area contributed by atoms with Crippen LogP contribution < -0.4 is 0 Å². The number of fused-ring (bicyclic) bond motifs is 1. The molecule has 1 saturated heterocycles. The Morgan fingerprint density at radius 1 is 0.688 bits per heavy atom. The van der Waals surface area contributed by atoms with Gasteiger partial charge in [0.1, 0.15) is 23.0 Å². The van der Waals surface area contributed by atoms with Crippen LogP contribution in [0.1, 0.15) is 37.3 Å². The number of carbonyl (C=O) groups is 3. The fraction of sp³-hybridized carbons (Fsp3) is 0.143. The number of halogens is 1. The number of hydrogen-bond donors (Lipinski definition) is 6. The number of aromatic nitrogens is 1. The summed E-state index contributed by atoms with van der Waals surface area (Å²) >= 11 is 11.4. The minimum absolute atomic E-state index is 0.331. The average Bonchev–Trinajstić information content (AvgIpc) is 3.39. The summed E-state index contributed by atoms with van der Waals surface area (Å²) in [5.74, 6) is -2.64. The van der Waals surface area contributed by atoms with Crippen molar-refractivity contribution in [1.29, 1.82) is 0 Å². The largest absolute Gasteiger partial charge is 0.478 e. The number of pyridine rings is 1. The van der Waals surface area contributed by atoms with Gasteiger partial charge in [-0.05, 0) is 60.0 Å². The fourth-order valence-electron chi connectivity index (χ4n) is 4.28. The maximum absolute atomic E-state index is 10.2. The highest BCUT2D eigenvalue weighted by Gasteiger charge is 2.43. The van der Waals surface area contributed by atoms with Gasteiger partial charge in [0.2, 0.25) is 0 Å². The molecule has 0 amide bonds. The molecule has 4 aromatic carbocycles. The van der Waals surface area contributed by atoms with Crippen LogP contribution in [0.4, 0.5) is 0 Å². The van der Waals surface area contributed by atoms with Crippen LogP contribution in [0.5, 0.6) is 0 Å². The van der Waals surface area contributed by atoms with E-state index in [4.69, 9.17) is 49.0 Å². The highest BCUT2D eigenvalue weighted by molar-refractivity contribution is 7.71. The molecule has 5 aromatic rings. The van der Waals surface area contributed by atoms with Crippen molar-refractivity contribution in [3.63, 3.8) is 0 Å². The lowest BCUT2D eigenvalue weighted by atomic mass is 10.1. The van der Waals surface area contributed by atoms with Gasteiger partial charge in [0.15, 0.2) is 6.23 Å². The summed E-state index contributed by atoms with van der Waals surface area (Å²) in [6.45, 7) is -0.374. The van der Waals surface area contributed by atoms with E-state index in [-0.39, 0.29) is 6.61 Å². The van der Waals surface area contributed by atoms with Gasteiger partial charge in [-0.3, -0.25) is 0 Å². The van der Waals surface area contributed by atoms with Crippen LogP contribution in [0.15, 0.2) is 121 Å². The second-order valence-corrected chi connectivity index (χ2v) is 10.8. The molecule has 6 rings (SSSR count). The fourth-order valence-corrected chi connectivity index (χ4v) is 4.79. The van der Waals surface area contributed by atoms with E-state index < -0.39 is 42.4 Å². The lowest BCUT2D eigenvalue weighted by Crippen LogP contribution is -2.33. The number of hydrogen-bond acceptors (Lipinski definition) is 8. The predicted octanol–water partition coefficient (Wildman–Crippen LogP) is 5.79. The second-order valence-electron chi connectivity index (χ2n) is 10.0. The first-order chi connectivity index (χ1) is 22.9. The molecule has 0 unspecified atom stereocenters. The summed E-state index contributed by atoms with van der Waals surface area (Å²) in [4.78, 5) is 30.6. The maximum atomic E-state index is 10.2. The number of carboxylic acid groups (broad SMARTS) is 3. The van der Waals surface area contributed by atoms with E-state index in [2.05, 4.69) is 0 Å². The van der Waals surface area contributed by atoms with Crippen molar-refractivity contribution in [2.75, 3.05) is 6.61 Å². The Morgan fingerprint density at radius 3 is 1.48 bits per heavy atom. The lowest BCUT2D eigenvalue weighted by Gasteiger charge is -2.19.